The van der Waals surface area contributed by atoms with Gasteiger partial charge in [-0.1, -0.05) is 36.4 Å². The molecule has 0 saturated carbocycles. The maximum atomic E-state index is 5.55. The number of benzene rings is 1. The molecule has 1 aliphatic heterocycles. The fourth-order valence-electron chi connectivity index (χ4n) is 3.86. The Morgan fingerprint density at radius 2 is 2.06 bits per heavy atom. The Balaban J connectivity index is 1.38. The van der Waals surface area contributed by atoms with Gasteiger partial charge in [0, 0.05) is 38.6 Å². The number of thiophene rings is 1. The monoisotopic (exact) mass is 438 g/mol. The number of nitrogens with one attached hydrogen (secondary N) is 2. The number of morpholine rings is 1. The van der Waals surface area contributed by atoms with Crippen LogP contribution in [0.4, 0.5) is 0 Å². The van der Waals surface area contributed by atoms with Crippen molar-refractivity contribution in [2.45, 2.75) is 12.6 Å². The number of guanidine groups is 1. The number of nitrogens with zero attached hydrogens (tertiary/aromatic N) is 4. The first kappa shape index (κ1) is 21.5. The van der Waals surface area contributed by atoms with E-state index in [-0.39, 0.29) is 0 Å². The molecule has 0 spiro atoms. The van der Waals surface area contributed by atoms with Crippen LogP contribution in [0.3, 0.4) is 0 Å². The average Bonchev–Trinajstić information content (AvgIpc) is 3.50. The molecule has 7 nitrogen and oxygen atoms in total. The molecular formula is C23H30N6OS. The van der Waals surface area contributed by atoms with Gasteiger partial charge in [0.05, 0.1) is 37.7 Å². The first-order chi connectivity index (χ1) is 15.2. The third-order valence-electron chi connectivity index (χ3n) is 5.49. The highest BCUT2D eigenvalue weighted by molar-refractivity contribution is 7.10. The summed E-state index contributed by atoms with van der Waals surface area (Å²) >= 11 is 1.80. The van der Waals surface area contributed by atoms with Crippen molar-refractivity contribution >= 4 is 17.3 Å². The molecule has 3 heterocycles. The number of rotatable bonds is 7. The number of aromatic amines is 1. The molecular weight excluding hydrogens is 408 g/mol. The van der Waals surface area contributed by atoms with E-state index in [9.17, 15) is 0 Å². The smallest absolute Gasteiger partial charge is 0.193 e. The van der Waals surface area contributed by atoms with Crippen LogP contribution in [0.5, 0.6) is 0 Å². The fourth-order valence-corrected chi connectivity index (χ4v) is 4.72. The Labute approximate surface area is 187 Å². The molecule has 164 valence electrons. The lowest BCUT2D eigenvalue weighted by Crippen LogP contribution is -2.46. The molecule has 1 saturated heterocycles. The zero-order chi connectivity index (χ0) is 21.5. The number of aliphatic imine (C=N–C) groups is 1. The van der Waals surface area contributed by atoms with Gasteiger partial charge in [0.2, 0.25) is 0 Å². The number of H-pyrrole nitrogens is 1. The molecule has 0 amide bonds. The molecule has 0 bridgehead atoms. The van der Waals surface area contributed by atoms with Crippen LogP contribution in [-0.4, -0.2) is 72.7 Å². The van der Waals surface area contributed by atoms with Crippen molar-refractivity contribution in [2.24, 2.45) is 4.99 Å². The van der Waals surface area contributed by atoms with Crippen LogP contribution in [-0.2, 0) is 11.3 Å². The van der Waals surface area contributed by atoms with Gasteiger partial charge in [0.25, 0.3) is 0 Å². The highest BCUT2D eigenvalue weighted by atomic mass is 32.1. The van der Waals surface area contributed by atoms with E-state index in [1.54, 1.807) is 11.3 Å². The summed E-state index contributed by atoms with van der Waals surface area (Å²) in [5.74, 6) is 1.76. The van der Waals surface area contributed by atoms with Crippen molar-refractivity contribution in [2.75, 3.05) is 46.9 Å². The van der Waals surface area contributed by atoms with Crippen molar-refractivity contribution in [3.8, 4) is 11.3 Å². The SMILES string of the molecule is CN=C(NCC(c1cccs1)N1CCOCC1)N(C)Cc1ncc(-c2ccccc2)[nH]1. The molecule has 1 fully saturated rings. The Morgan fingerprint density at radius 1 is 1.26 bits per heavy atom. The lowest BCUT2D eigenvalue weighted by Gasteiger charge is -2.35. The summed E-state index contributed by atoms with van der Waals surface area (Å²) in [6.07, 6.45) is 1.89. The van der Waals surface area contributed by atoms with Gasteiger partial charge < -0.3 is 19.9 Å². The summed E-state index contributed by atoms with van der Waals surface area (Å²) < 4.78 is 5.55. The van der Waals surface area contributed by atoms with Crippen molar-refractivity contribution in [3.05, 3.63) is 64.7 Å². The second kappa shape index (κ2) is 10.6. The quantitative estimate of drug-likeness (QED) is 0.438. The molecule has 3 aromatic rings. The van der Waals surface area contributed by atoms with Crippen LogP contribution < -0.4 is 5.32 Å². The predicted molar refractivity (Wildman–Crippen MR) is 126 cm³/mol. The predicted octanol–water partition coefficient (Wildman–Crippen LogP) is 3.22. The Kier molecular flexibility index (Phi) is 7.35. The second-order valence-corrected chi connectivity index (χ2v) is 8.55. The maximum Gasteiger partial charge on any atom is 0.193 e. The second-order valence-electron chi connectivity index (χ2n) is 7.57. The third kappa shape index (κ3) is 5.52. The zero-order valence-electron chi connectivity index (χ0n) is 18.1. The minimum atomic E-state index is 0.308. The molecule has 1 aromatic carbocycles. The summed E-state index contributed by atoms with van der Waals surface area (Å²) in [7, 11) is 3.86. The molecule has 1 unspecified atom stereocenters. The number of imidazole rings is 1. The Hall–Kier alpha value is -2.68. The minimum absolute atomic E-state index is 0.308. The van der Waals surface area contributed by atoms with E-state index in [2.05, 4.69) is 59.7 Å². The molecule has 0 aliphatic carbocycles. The molecule has 0 radical (unpaired) electrons. The third-order valence-corrected chi connectivity index (χ3v) is 6.46. The summed E-state index contributed by atoms with van der Waals surface area (Å²) in [5, 5.41) is 5.72. The number of ether oxygens (including phenoxy) is 1. The number of hydrogen-bond donors (Lipinski definition) is 2. The number of aromatic nitrogens is 2. The van der Waals surface area contributed by atoms with E-state index in [0.717, 1.165) is 55.9 Å². The van der Waals surface area contributed by atoms with Gasteiger partial charge in [0.1, 0.15) is 5.82 Å². The first-order valence-electron chi connectivity index (χ1n) is 10.6. The van der Waals surface area contributed by atoms with Gasteiger partial charge in [-0.2, -0.15) is 0 Å². The summed E-state index contributed by atoms with van der Waals surface area (Å²) in [6, 6.07) is 14.9. The Morgan fingerprint density at radius 3 is 2.77 bits per heavy atom. The molecule has 8 heteroatoms. The summed E-state index contributed by atoms with van der Waals surface area (Å²) in [4.78, 5) is 18.4. The first-order valence-corrected chi connectivity index (χ1v) is 11.5. The number of hydrogen-bond acceptors (Lipinski definition) is 5. The maximum absolute atomic E-state index is 5.55. The van der Waals surface area contributed by atoms with Crippen molar-refractivity contribution in [1.82, 2.24) is 25.1 Å². The van der Waals surface area contributed by atoms with E-state index in [0.29, 0.717) is 12.6 Å². The van der Waals surface area contributed by atoms with Gasteiger partial charge in [-0.15, -0.1) is 11.3 Å². The van der Waals surface area contributed by atoms with E-state index in [1.807, 2.05) is 38.5 Å². The highest BCUT2D eigenvalue weighted by Gasteiger charge is 2.24. The normalized spacial score (nSPS) is 16.3. The van der Waals surface area contributed by atoms with Crippen LogP contribution in [0.2, 0.25) is 0 Å². The van der Waals surface area contributed by atoms with Gasteiger partial charge >= 0.3 is 0 Å². The average molecular weight is 439 g/mol. The molecule has 2 N–H and O–H groups in total. The molecule has 1 aliphatic rings. The standard InChI is InChI=1S/C23H30N6OS/c1-24-23(26-16-20(21-9-6-14-31-21)29-10-12-30-13-11-29)28(2)17-22-25-15-19(27-22)18-7-4-3-5-8-18/h3-9,14-15,20H,10-13,16-17H2,1-2H3,(H,24,26)(H,25,27). The zero-order valence-corrected chi connectivity index (χ0v) is 18.9. The molecule has 31 heavy (non-hydrogen) atoms. The highest BCUT2D eigenvalue weighted by Crippen LogP contribution is 2.25. The van der Waals surface area contributed by atoms with E-state index in [1.165, 1.54) is 4.88 Å². The topological polar surface area (TPSA) is 68.8 Å². The van der Waals surface area contributed by atoms with Crippen molar-refractivity contribution < 1.29 is 4.74 Å². The van der Waals surface area contributed by atoms with E-state index >= 15 is 0 Å². The van der Waals surface area contributed by atoms with Crippen molar-refractivity contribution in [1.29, 1.82) is 0 Å². The fraction of sp³-hybridized carbons (Fsp3) is 0.391. The summed E-state index contributed by atoms with van der Waals surface area (Å²) in [5.41, 5.74) is 2.16. The van der Waals surface area contributed by atoms with Gasteiger partial charge in [-0.25, -0.2) is 4.98 Å². The molecule has 2 aromatic heterocycles. The van der Waals surface area contributed by atoms with Crippen LogP contribution in [0.25, 0.3) is 11.3 Å². The lowest BCUT2D eigenvalue weighted by atomic mass is 10.2. The van der Waals surface area contributed by atoms with Gasteiger partial charge in [-0.05, 0) is 17.0 Å². The van der Waals surface area contributed by atoms with Gasteiger partial charge in [-0.3, -0.25) is 9.89 Å². The van der Waals surface area contributed by atoms with Crippen LogP contribution in [0, 0.1) is 0 Å². The van der Waals surface area contributed by atoms with Gasteiger partial charge in [0.15, 0.2) is 5.96 Å². The Bertz CT molecular complexity index is 950. The van der Waals surface area contributed by atoms with E-state index < -0.39 is 0 Å². The largest absolute Gasteiger partial charge is 0.379 e. The molecule has 1 atom stereocenters. The summed E-state index contributed by atoms with van der Waals surface area (Å²) in [6.45, 7) is 4.93. The van der Waals surface area contributed by atoms with E-state index in [4.69, 9.17) is 4.74 Å². The lowest BCUT2D eigenvalue weighted by molar-refractivity contribution is 0.0176. The van der Waals surface area contributed by atoms with Crippen LogP contribution in [0.15, 0.2) is 59.0 Å². The van der Waals surface area contributed by atoms with Crippen molar-refractivity contribution in [3.63, 3.8) is 0 Å². The minimum Gasteiger partial charge on any atom is -0.379 e. The van der Waals surface area contributed by atoms with Crippen LogP contribution in [0.1, 0.15) is 16.7 Å². The van der Waals surface area contributed by atoms with Crippen LogP contribution >= 0.6 is 11.3 Å². The molecule has 4 rings (SSSR count).